The fourth-order valence-corrected chi connectivity index (χ4v) is 1.95. The Hall–Kier alpha value is -2.14. The molecule has 0 radical (unpaired) electrons. The molecular formula is C15H15F2NO2. The van der Waals surface area contributed by atoms with Gasteiger partial charge in [0.15, 0.2) is 0 Å². The average Bonchev–Trinajstić information content (AvgIpc) is 2.36. The molecule has 0 spiro atoms. The summed E-state index contributed by atoms with van der Waals surface area (Å²) in [5, 5.41) is 0. The van der Waals surface area contributed by atoms with Crippen LogP contribution in [-0.2, 0) is 0 Å². The fraction of sp³-hybridized carbons (Fsp3) is 0.200. The van der Waals surface area contributed by atoms with Crippen LogP contribution in [0.25, 0.3) is 0 Å². The van der Waals surface area contributed by atoms with Crippen LogP contribution in [0.5, 0.6) is 17.2 Å². The molecular weight excluding hydrogens is 264 g/mol. The summed E-state index contributed by atoms with van der Waals surface area (Å²) >= 11 is 0. The normalized spacial score (nSPS) is 12.1. The Kier molecular flexibility index (Phi) is 4.20. The molecule has 0 saturated carbocycles. The molecule has 0 aromatic heterocycles. The summed E-state index contributed by atoms with van der Waals surface area (Å²) in [5.74, 6) is -0.369. The summed E-state index contributed by atoms with van der Waals surface area (Å²) in [6, 6.07) is 7.78. The van der Waals surface area contributed by atoms with Gasteiger partial charge in [-0.1, -0.05) is 6.07 Å². The van der Waals surface area contributed by atoms with Gasteiger partial charge in [0.2, 0.25) is 0 Å². The van der Waals surface area contributed by atoms with E-state index in [4.69, 9.17) is 15.2 Å². The number of hydrogen-bond acceptors (Lipinski definition) is 3. The van der Waals surface area contributed by atoms with Crippen molar-refractivity contribution in [2.75, 3.05) is 7.11 Å². The smallest absolute Gasteiger partial charge is 0.135 e. The van der Waals surface area contributed by atoms with Gasteiger partial charge in [-0.25, -0.2) is 8.78 Å². The Bertz CT molecular complexity index is 595. The third kappa shape index (κ3) is 3.05. The number of rotatable bonds is 4. The summed E-state index contributed by atoms with van der Waals surface area (Å²) < 4.78 is 37.1. The first kappa shape index (κ1) is 14.3. The van der Waals surface area contributed by atoms with E-state index in [9.17, 15) is 8.78 Å². The van der Waals surface area contributed by atoms with E-state index in [0.29, 0.717) is 17.1 Å². The lowest BCUT2D eigenvalue weighted by atomic mass is 10.1. The minimum Gasteiger partial charge on any atom is -0.496 e. The van der Waals surface area contributed by atoms with Gasteiger partial charge in [-0.2, -0.15) is 0 Å². The van der Waals surface area contributed by atoms with Gasteiger partial charge in [0.05, 0.1) is 12.7 Å². The lowest BCUT2D eigenvalue weighted by Gasteiger charge is -2.17. The fourth-order valence-electron chi connectivity index (χ4n) is 1.95. The zero-order valence-electron chi connectivity index (χ0n) is 11.2. The second-order valence-corrected chi connectivity index (χ2v) is 4.37. The number of hydrogen-bond donors (Lipinski definition) is 1. The quantitative estimate of drug-likeness (QED) is 0.926. The van der Waals surface area contributed by atoms with Crippen molar-refractivity contribution in [3.8, 4) is 17.2 Å². The van der Waals surface area contributed by atoms with Gasteiger partial charge in [-0.15, -0.1) is 0 Å². The molecule has 2 N–H and O–H groups in total. The lowest BCUT2D eigenvalue weighted by Crippen LogP contribution is -2.08. The van der Waals surface area contributed by atoms with Crippen molar-refractivity contribution in [3.63, 3.8) is 0 Å². The summed E-state index contributed by atoms with van der Waals surface area (Å²) in [7, 11) is 1.52. The van der Waals surface area contributed by atoms with Crippen LogP contribution in [0.15, 0.2) is 36.4 Å². The van der Waals surface area contributed by atoms with Crippen molar-refractivity contribution < 1.29 is 18.3 Å². The zero-order valence-corrected chi connectivity index (χ0v) is 11.2. The molecule has 0 saturated heterocycles. The van der Waals surface area contributed by atoms with Gasteiger partial charge in [0.25, 0.3) is 0 Å². The molecule has 5 heteroatoms. The molecule has 0 aliphatic carbocycles. The molecule has 106 valence electrons. The van der Waals surface area contributed by atoms with Gasteiger partial charge in [-0.3, -0.25) is 0 Å². The van der Waals surface area contributed by atoms with E-state index < -0.39 is 11.6 Å². The van der Waals surface area contributed by atoms with Gasteiger partial charge in [0.1, 0.15) is 28.9 Å². The summed E-state index contributed by atoms with van der Waals surface area (Å²) in [6.45, 7) is 1.77. The van der Waals surface area contributed by atoms with Gasteiger partial charge >= 0.3 is 0 Å². The predicted octanol–water partition coefficient (Wildman–Crippen LogP) is 3.79. The first-order valence-electron chi connectivity index (χ1n) is 6.07. The van der Waals surface area contributed by atoms with Crippen LogP contribution in [-0.4, -0.2) is 7.11 Å². The summed E-state index contributed by atoms with van der Waals surface area (Å²) in [5.41, 5.74) is 6.53. The van der Waals surface area contributed by atoms with Crippen molar-refractivity contribution in [1.82, 2.24) is 0 Å². The van der Waals surface area contributed by atoms with E-state index in [1.807, 2.05) is 0 Å². The number of halogens is 2. The highest BCUT2D eigenvalue weighted by molar-refractivity contribution is 5.48. The van der Waals surface area contributed by atoms with Crippen LogP contribution < -0.4 is 15.2 Å². The number of ether oxygens (including phenoxy) is 2. The molecule has 2 aromatic rings. The minimum atomic E-state index is -0.703. The number of nitrogens with two attached hydrogens (primary N) is 1. The molecule has 2 rings (SSSR count). The first-order chi connectivity index (χ1) is 9.51. The molecule has 3 nitrogen and oxygen atoms in total. The standard InChI is InChI=1S/C15H15F2NO2/c1-9(18)15-13(19-2)4-3-5-14(15)20-12-7-10(16)6-11(17)8-12/h3-9H,18H2,1-2H3/t9-/m1/s1. The van der Waals surface area contributed by atoms with Gasteiger partial charge < -0.3 is 15.2 Å². The summed E-state index contributed by atoms with van der Waals surface area (Å²) in [6.07, 6.45) is 0. The third-order valence-corrected chi connectivity index (χ3v) is 2.77. The van der Waals surface area contributed by atoms with E-state index in [1.165, 1.54) is 7.11 Å². The second-order valence-electron chi connectivity index (χ2n) is 4.37. The predicted molar refractivity (Wildman–Crippen MR) is 72.0 cm³/mol. The Morgan fingerprint density at radius 1 is 1.05 bits per heavy atom. The monoisotopic (exact) mass is 279 g/mol. The molecule has 0 unspecified atom stereocenters. The molecule has 1 atom stereocenters. The van der Waals surface area contributed by atoms with Crippen LogP contribution in [0.1, 0.15) is 18.5 Å². The van der Waals surface area contributed by atoms with Crippen molar-refractivity contribution in [2.24, 2.45) is 5.73 Å². The van der Waals surface area contributed by atoms with Crippen molar-refractivity contribution in [3.05, 3.63) is 53.6 Å². The third-order valence-electron chi connectivity index (χ3n) is 2.77. The molecule has 0 heterocycles. The van der Waals surface area contributed by atoms with Crippen molar-refractivity contribution in [2.45, 2.75) is 13.0 Å². The molecule has 0 aliphatic heterocycles. The number of benzene rings is 2. The number of methoxy groups -OCH3 is 1. The zero-order chi connectivity index (χ0) is 14.7. The highest BCUT2D eigenvalue weighted by Crippen LogP contribution is 2.35. The van der Waals surface area contributed by atoms with Crippen LogP contribution in [0.2, 0.25) is 0 Å². The van der Waals surface area contributed by atoms with E-state index in [-0.39, 0.29) is 11.8 Å². The first-order valence-corrected chi connectivity index (χ1v) is 6.07. The topological polar surface area (TPSA) is 44.5 Å². The van der Waals surface area contributed by atoms with E-state index in [1.54, 1.807) is 25.1 Å². The van der Waals surface area contributed by atoms with E-state index in [2.05, 4.69) is 0 Å². The van der Waals surface area contributed by atoms with Crippen LogP contribution >= 0.6 is 0 Å². The highest BCUT2D eigenvalue weighted by atomic mass is 19.1. The van der Waals surface area contributed by atoms with Crippen LogP contribution in [0.4, 0.5) is 8.78 Å². The van der Waals surface area contributed by atoms with Crippen LogP contribution in [0, 0.1) is 11.6 Å². The maximum atomic E-state index is 13.2. The van der Waals surface area contributed by atoms with Crippen molar-refractivity contribution in [1.29, 1.82) is 0 Å². The molecule has 0 aliphatic rings. The Morgan fingerprint density at radius 3 is 2.20 bits per heavy atom. The minimum absolute atomic E-state index is 0.0673. The largest absolute Gasteiger partial charge is 0.496 e. The van der Waals surface area contributed by atoms with E-state index >= 15 is 0 Å². The second kappa shape index (κ2) is 5.88. The molecule has 0 bridgehead atoms. The summed E-state index contributed by atoms with van der Waals surface area (Å²) in [4.78, 5) is 0. The SMILES string of the molecule is COc1cccc(Oc2cc(F)cc(F)c2)c1[C@@H](C)N. The Morgan fingerprint density at radius 2 is 1.65 bits per heavy atom. The Balaban J connectivity index is 2.42. The van der Waals surface area contributed by atoms with Crippen LogP contribution in [0.3, 0.4) is 0 Å². The average molecular weight is 279 g/mol. The molecule has 20 heavy (non-hydrogen) atoms. The lowest BCUT2D eigenvalue weighted by molar-refractivity contribution is 0.396. The maximum absolute atomic E-state index is 13.2. The van der Waals surface area contributed by atoms with Gasteiger partial charge in [0, 0.05) is 24.2 Å². The van der Waals surface area contributed by atoms with Crippen molar-refractivity contribution >= 4 is 0 Å². The highest BCUT2D eigenvalue weighted by Gasteiger charge is 2.15. The van der Waals surface area contributed by atoms with E-state index in [0.717, 1.165) is 18.2 Å². The molecule has 2 aromatic carbocycles. The molecule has 0 amide bonds. The molecule has 0 fully saturated rings. The Labute approximate surface area is 115 Å². The van der Waals surface area contributed by atoms with Gasteiger partial charge in [-0.05, 0) is 19.1 Å². The maximum Gasteiger partial charge on any atom is 0.135 e.